The van der Waals surface area contributed by atoms with Gasteiger partial charge in [-0.05, 0) is 68.0 Å². The van der Waals surface area contributed by atoms with Gasteiger partial charge in [0.2, 0.25) is 5.95 Å². The number of amides is 1. The van der Waals surface area contributed by atoms with Gasteiger partial charge in [0.25, 0.3) is 5.91 Å². The van der Waals surface area contributed by atoms with E-state index in [2.05, 4.69) is 54.4 Å². The smallest absolute Gasteiger partial charge is 0.256 e. The summed E-state index contributed by atoms with van der Waals surface area (Å²) >= 11 is 0. The number of nitrogens with one attached hydrogen (secondary N) is 4. The Labute approximate surface area is 209 Å². The van der Waals surface area contributed by atoms with Crippen LogP contribution in [0.1, 0.15) is 59.8 Å². The van der Waals surface area contributed by atoms with E-state index < -0.39 is 12.1 Å². The van der Waals surface area contributed by atoms with E-state index in [4.69, 9.17) is 0 Å². The van der Waals surface area contributed by atoms with E-state index in [0.717, 1.165) is 37.3 Å². The van der Waals surface area contributed by atoms with Gasteiger partial charge in [-0.15, -0.1) is 0 Å². The molecule has 0 bridgehead atoms. The molecule has 3 heterocycles. The van der Waals surface area contributed by atoms with E-state index in [0.29, 0.717) is 35.1 Å². The molecule has 1 aliphatic heterocycles. The monoisotopic (exact) mass is 487 g/mol. The van der Waals surface area contributed by atoms with Gasteiger partial charge in [-0.3, -0.25) is 9.18 Å². The van der Waals surface area contributed by atoms with Crippen LogP contribution in [0.25, 0.3) is 0 Å². The van der Waals surface area contributed by atoms with Crippen LogP contribution in [0.5, 0.6) is 0 Å². The molecule has 2 aromatic heterocycles. The molecule has 1 aromatic carbocycles. The predicted octanol–water partition coefficient (Wildman–Crippen LogP) is 4.24. The number of anilines is 4. The summed E-state index contributed by atoms with van der Waals surface area (Å²) in [5.74, 6) is 0.940. The van der Waals surface area contributed by atoms with Crippen LogP contribution in [-0.4, -0.2) is 40.6 Å². The molecule has 9 heteroatoms. The van der Waals surface area contributed by atoms with Gasteiger partial charge in [0.1, 0.15) is 23.9 Å². The van der Waals surface area contributed by atoms with Crippen molar-refractivity contribution in [2.45, 2.75) is 50.0 Å². The van der Waals surface area contributed by atoms with Crippen molar-refractivity contribution in [1.29, 1.82) is 0 Å². The molecule has 8 nitrogen and oxygen atoms in total. The maximum Gasteiger partial charge on any atom is 0.256 e. The van der Waals surface area contributed by atoms with E-state index in [1.54, 1.807) is 6.07 Å². The molecule has 2 saturated carbocycles. The lowest BCUT2D eigenvalue weighted by atomic mass is 9.88. The predicted molar refractivity (Wildman–Crippen MR) is 137 cm³/mol. The Balaban J connectivity index is 1.29. The normalized spacial score (nSPS) is 18.3. The number of hydrogen-bond donors (Lipinski definition) is 4. The van der Waals surface area contributed by atoms with Crippen molar-refractivity contribution in [2.75, 3.05) is 30.4 Å². The van der Waals surface area contributed by atoms with Gasteiger partial charge in [0.15, 0.2) is 0 Å². The van der Waals surface area contributed by atoms with E-state index in [1.807, 2.05) is 19.1 Å². The number of carbonyl (C=O) groups is 1. The molecule has 2 fully saturated rings. The van der Waals surface area contributed by atoms with Crippen molar-refractivity contribution in [1.82, 2.24) is 25.6 Å². The second-order valence-electron chi connectivity index (χ2n) is 10.1. The molecule has 1 spiro atoms. The van der Waals surface area contributed by atoms with Crippen molar-refractivity contribution < 1.29 is 9.18 Å². The van der Waals surface area contributed by atoms with E-state index in [1.165, 1.54) is 30.2 Å². The van der Waals surface area contributed by atoms with Gasteiger partial charge >= 0.3 is 0 Å². The van der Waals surface area contributed by atoms with Crippen LogP contribution in [0, 0.1) is 0 Å². The molecular weight excluding hydrogens is 457 g/mol. The Morgan fingerprint density at radius 2 is 1.97 bits per heavy atom. The summed E-state index contributed by atoms with van der Waals surface area (Å²) in [5, 5.41) is 12.8. The van der Waals surface area contributed by atoms with Gasteiger partial charge in [0.05, 0.1) is 5.69 Å². The number of aromatic nitrogens is 3. The summed E-state index contributed by atoms with van der Waals surface area (Å²) in [6, 6.07) is 11.9. The molecule has 186 valence electrons. The van der Waals surface area contributed by atoms with Gasteiger partial charge in [0, 0.05) is 42.3 Å². The van der Waals surface area contributed by atoms with Crippen LogP contribution < -0.4 is 21.3 Å². The second kappa shape index (κ2) is 8.81. The highest BCUT2D eigenvalue weighted by Gasteiger charge is 2.47. The molecule has 0 atom stereocenters. The lowest BCUT2D eigenvalue weighted by Crippen LogP contribution is -2.33. The summed E-state index contributed by atoms with van der Waals surface area (Å²) in [4.78, 5) is 26.4. The van der Waals surface area contributed by atoms with Crippen molar-refractivity contribution in [3.8, 4) is 0 Å². The Hall–Kier alpha value is -3.59. The van der Waals surface area contributed by atoms with Crippen LogP contribution >= 0.6 is 0 Å². The standard InChI is InChI=1S/C27H30FN7O/c1-2-30-24(36)19-14-31-25(32-18-6-7-20-17(12-18)13-29-16-27(20)10-11-27)35-23(19)34-22-5-3-4-21(33-22)26(15-28)8-9-26/h3-7,12,14,29H,2,8-11,13,15-16H2,1H3,(H,30,36)(H2,31,32,33,34,35). The quantitative estimate of drug-likeness (QED) is 0.377. The first-order valence-electron chi connectivity index (χ1n) is 12.6. The Bertz CT molecular complexity index is 1320. The molecule has 3 aliphatic rings. The lowest BCUT2D eigenvalue weighted by Gasteiger charge is -2.26. The van der Waals surface area contributed by atoms with Crippen LogP contribution in [0.2, 0.25) is 0 Å². The minimum Gasteiger partial charge on any atom is -0.352 e. The topological polar surface area (TPSA) is 104 Å². The molecule has 1 amide bonds. The molecule has 0 saturated heterocycles. The third-order valence-electron chi connectivity index (χ3n) is 7.58. The van der Waals surface area contributed by atoms with Crippen LogP contribution in [0.3, 0.4) is 0 Å². The van der Waals surface area contributed by atoms with Gasteiger partial charge in [-0.2, -0.15) is 4.98 Å². The first kappa shape index (κ1) is 22.8. The van der Waals surface area contributed by atoms with Crippen molar-refractivity contribution in [3.05, 3.63) is 65.0 Å². The number of alkyl halides is 1. The lowest BCUT2D eigenvalue weighted by molar-refractivity contribution is 0.0956. The third-order valence-corrected chi connectivity index (χ3v) is 7.58. The number of hydrogen-bond acceptors (Lipinski definition) is 7. The Morgan fingerprint density at radius 1 is 1.11 bits per heavy atom. The fourth-order valence-electron chi connectivity index (χ4n) is 5.08. The first-order valence-corrected chi connectivity index (χ1v) is 12.6. The first-order chi connectivity index (χ1) is 17.5. The zero-order valence-corrected chi connectivity index (χ0v) is 20.3. The fraction of sp³-hybridized carbons (Fsp3) is 0.407. The van der Waals surface area contributed by atoms with Gasteiger partial charge in [-0.1, -0.05) is 12.1 Å². The van der Waals surface area contributed by atoms with Gasteiger partial charge < -0.3 is 21.3 Å². The van der Waals surface area contributed by atoms with Crippen LogP contribution in [-0.2, 0) is 17.4 Å². The molecule has 0 radical (unpaired) electrons. The molecule has 3 aromatic rings. The van der Waals surface area contributed by atoms with Gasteiger partial charge in [-0.25, -0.2) is 9.97 Å². The molecule has 6 rings (SSSR count). The van der Waals surface area contributed by atoms with Crippen LogP contribution in [0.15, 0.2) is 42.6 Å². The summed E-state index contributed by atoms with van der Waals surface area (Å²) in [6.45, 7) is 3.81. The summed E-state index contributed by atoms with van der Waals surface area (Å²) in [5.41, 5.74) is 4.50. The molecule has 4 N–H and O–H groups in total. The highest BCUT2D eigenvalue weighted by molar-refractivity contribution is 5.99. The molecule has 0 unspecified atom stereocenters. The number of halogens is 1. The molecule has 2 aliphatic carbocycles. The molecule has 36 heavy (non-hydrogen) atoms. The van der Waals surface area contributed by atoms with Crippen molar-refractivity contribution in [2.24, 2.45) is 0 Å². The maximum atomic E-state index is 13.6. The zero-order chi connectivity index (χ0) is 24.8. The number of nitrogens with zero attached hydrogens (tertiary/aromatic N) is 3. The molecular formula is C27H30FN7O. The zero-order valence-electron chi connectivity index (χ0n) is 20.3. The second-order valence-corrected chi connectivity index (χ2v) is 10.1. The Morgan fingerprint density at radius 3 is 2.72 bits per heavy atom. The van der Waals surface area contributed by atoms with Crippen molar-refractivity contribution in [3.63, 3.8) is 0 Å². The van der Waals surface area contributed by atoms with Crippen LogP contribution in [0.4, 0.5) is 27.7 Å². The number of rotatable bonds is 8. The highest BCUT2D eigenvalue weighted by atomic mass is 19.1. The summed E-state index contributed by atoms with van der Waals surface area (Å²) in [6.07, 6.45) is 5.57. The average molecular weight is 488 g/mol. The van der Waals surface area contributed by atoms with E-state index in [9.17, 15) is 9.18 Å². The highest BCUT2D eigenvalue weighted by Crippen LogP contribution is 2.51. The SMILES string of the molecule is CCNC(=O)c1cnc(Nc2ccc3c(c2)CNCC32CC2)nc1Nc1cccc(C2(CF)CC2)n1. The number of carbonyl (C=O) groups excluding carboxylic acids is 1. The summed E-state index contributed by atoms with van der Waals surface area (Å²) in [7, 11) is 0. The van der Waals surface area contributed by atoms with Crippen molar-refractivity contribution >= 4 is 29.2 Å². The van der Waals surface area contributed by atoms with E-state index in [-0.39, 0.29) is 5.91 Å². The number of fused-ring (bicyclic) bond motifs is 2. The Kier molecular flexibility index (Phi) is 5.59. The number of pyridine rings is 1. The third kappa shape index (κ3) is 4.17. The van der Waals surface area contributed by atoms with E-state index >= 15 is 0 Å². The average Bonchev–Trinajstić information content (AvgIpc) is 3.82. The minimum absolute atomic E-state index is 0.278. The minimum atomic E-state index is -0.473. The fourth-order valence-corrected chi connectivity index (χ4v) is 5.08. The largest absolute Gasteiger partial charge is 0.352 e. The maximum absolute atomic E-state index is 13.6. The summed E-state index contributed by atoms with van der Waals surface area (Å²) < 4.78 is 13.6. The number of benzene rings is 1.